The van der Waals surface area contributed by atoms with Crippen LogP contribution in [0.25, 0.3) is 11.4 Å². The number of aromatic nitrogens is 2. The minimum Gasteiger partial charge on any atom is -0.438 e. The van der Waals surface area contributed by atoms with Crippen molar-refractivity contribution in [1.82, 2.24) is 19.8 Å². The molecule has 2 aliphatic rings. The van der Waals surface area contributed by atoms with Crippen molar-refractivity contribution in [1.29, 1.82) is 0 Å². The lowest BCUT2D eigenvalue weighted by atomic mass is 9.99. The molecule has 182 valence electrons. The van der Waals surface area contributed by atoms with Crippen LogP contribution in [0.15, 0.2) is 54.7 Å². The van der Waals surface area contributed by atoms with Crippen LogP contribution in [0.3, 0.4) is 0 Å². The molecule has 0 radical (unpaired) electrons. The number of hydrogen-bond acceptors (Lipinski definition) is 5. The van der Waals surface area contributed by atoms with Crippen LogP contribution >= 0.6 is 0 Å². The minimum absolute atomic E-state index is 0.0551. The van der Waals surface area contributed by atoms with E-state index in [1.54, 1.807) is 6.20 Å². The van der Waals surface area contributed by atoms with Crippen LogP contribution in [0.4, 0.5) is 0 Å². The highest BCUT2D eigenvalue weighted by Gasteiger charge is 2.30. The van der Waals surface area contributed by atoms with Gasteiger partial charge in [-0.1, -0.05) is 42.8 Å². The summed E-state index contributed by atoms with van der Waals surface area (Å²) in [6, 6.07) is 16.3. The van der Waals surface area contributed by atoms with E-state index in [-0.39, 0.29) is 5.91 Å². The van der Waals surface area contributed by atoms with Crippen molar-refractivity contribution in [2.24, 2.45) is 0 Å². The lowest BCUT2D eigenvalue weighted by Gasteiger charge is -2.40. The molecule has 3 aromatic rings. The van der Waals surface area contributed by atoms with E-state index in [0.717, 1.165) is 37.1 Å². The molecule has 0 saturated carbocycles. The zero-order chi connectivity index (χ0) is 24.2. The number of benzene rings is 2. The predicted molar refractivity (Wildman–Crippen MR) is 138 cm³/mol. The molecule has 2 aromatic carbocycles. The fraction of sp³-hybridized carbons (Fsp3) is 0.414. The van der Waals surface area contributed by atoms with E-state index in [0.29, 0.717) is 29.1 Å². The van der Waals surface area contributed by atoms with Crippen molar-refractivity contribution in [2.75, 3.05) is 26.2 Å². The molecule has 6 heteroatoms. The second-order valence-corrected chi connectivity index (χ2v) is 9.75. The van der Waals surface area contributed by atoms with Crippen molar-refractivity contribution in [3.8, 4) is 23.0 Å². The molecule has 2 fully saturated rings. The quantitative estimate of drug-likeness (QED) is 0.483. The summed E-state index contributed by atoms with van der Waals surface area (Å²) in [5.74, 6) is 1.47. The van der Waals surface area contributed by atoms with Crippen molar-refractivity contribution >= 4 is 5.91 Å². The number of aryl methyl sites for hydroxylation is 2. The maximum absolute atomic E-state index is 13.6. The standard InChI is InChI=1S/C29H34N4O2/c1-21-11-12-25(19-22(21)2)35-28-26(20-30-27(31-28)23-9-5-3-6-10-23)29(34)33-17-13-24(14-18-33)32-15-7-4-8-16-32/h3,5-6,9-12,19-20,24H,4,7-8,13-18H2,1-2H3. The molecular weight excluding hydrogens is 436 g/mol. The van der Waals surface area contributed by atoms with Gasteiger partial charge in [-0.25, -0.2) is 4.98 Å². The van der Waals surface area contributed by atoms with Crippen LogP contribution in [0, 0.1) is 13.8 Å². The molecular formula is C29H34N4O2. The van der Waals surface area contributed by atoms with Crippen LogP contribution in [-0.2, 0) is 0 Å². The molecule has 0 spiro atoms. The maximum Gasteiger partial charge on any atom is 0.260 e. The molecule has 35 heavy (non-hydrogen) atoms. The van der Waals surface area contributed by atoms with Crippen LogP contribution in [0.5, 0.6) is 11.6 Å². The van der Waals surface area contributed by atoms with Gasteiger partial charge < -0.3 is 14.5 Å². The van der Waals surface area contributed by atoms with E-state index in [9.17, 15) is 4.79 Å². The van der Waals surface area contributed by atoms with E-state index in [1.807, 2.05) is 53.4 Å². The van der Waals surface area contributed by atoms with Gasteiger partial charge in [-0.05, 0) is 75.9 Å². The van der Waals surface area contributed by atoms with E-state index < -0.39 is 0 Å². The first-order valence-electron chi connectivity index (χ1n) is 12.8. The molecule has 0 aliphatic carbocycles. The van der Waals surface area contributed by atoms with Gasteiger partial charge in [-0.15, -0.1) is 0 Å². The largest absolute Gasteiger partial charge is 0.438 e. The Morgan fingerprint density at radius 2 is 1.66 bits per heavy atom. The first-order chi connectivity index (χ1) is 17.1. The predicted octanol–water partition coefficient (Wildman–Crippen LogP) is 5.64. The number of piperidine rings is 2. The Hall–Kier alpha value is -3.25. The average Bonchev–Trinajstić information content (AvgIpc) is 2.91. The molecule has 0 atom stereocenters. The molecule has 3 heterocycles. The SMILES string of the molecule is Cc1ccc(Oc2nc(-c3ccccc3)ncc2C(=O)N2CCC(N3CCCCC3)CC2)cc1C. The molecule has 1 amide bonds. The summed E-state index contributed by atoms with van der Waals surface area (Å²) < 4.78 is 6.23. The molecule has 5 rings (SSSR count). The topological polar surface area (TPSA) is 58.6 Å². The highest BCUT2D eigenvalue weighted by atomic mass is 16.5. The Morgan fingerprint density at radius 3 is 2.37 bits per heavy atom. The van der Waals surface area contributed by atoms with Gasteiger partial charge in [-0.2, -0.15) is 4.98 Å². The van der Waals surface area contributed by atoms with Crippen LogP contribution in [0.1, 0.15) is 53.6 Å². The lowest BCUT2D eigenvalue weighted by Crippen LogP contribution is -2.48. The first kappa shape index (κ1) is 23.5. The number of carbonyl (C=O) groups is 1. The summed E-state index contributed by atoms with van der Waals surface area (Å²) in [4.78, 5) is 27.4. The highest BCUT2D eigenvalue weighted by molar-refractivity contribution is 5.96. The Balaban J connectivity index is 1.38. The lowest BCUT2D eigenvalue weighted by molar-refractivity contribution is 0.0586. The average molecular weight is 471 g/mol. The van der Waals surface area contributed by atoms with E-state index in [2.05, 4.69) is 23.7 Å². The fourth-order valence-corrected chi connectivity index (χ4v) is 5.09. The van der Waals surface area contributed by atoms with Gasteiger partial charge >= 0.3 is 0 Å². The Kier molecular flexibility index (Phi) is 7.09. The van der Waals surface area contributed by atoms with Gasteiger partial charge in [0.2, 0.25) is 5.88 Å². The van der Waals surface area contributed by atoms with E-state index in [4.69, 9.17) is 9.72 Å². The number of hydrogen-bond donors (Lipinski definition) is 0. The fourth-order valence-electron chi connectivity index (χ4n) is 5.09. The van der Waals surface area contributed by atoms with Crippen molar-refractivity contribution in [3.05, 3.63) is 71.4 Å². The Bertz CT molecular complexity index is 1170. The van der Waals surface area contributed by atoms with Crippen molar-refractivity contribution < 1.29 is 9.53 Å². The number of carbonyl (C=O) groups excluding carboxylic acids is 1. The van der Waals surface area contributed by atoms with Crippen molar-refractivity contribution in [2.45, 2.75) is 52.0 Å². The number of nitrogens with zero attached hydrogens (tertiary/aromatic N) is 4. The summed E-state index contributed by atoms with van der Waals surface area (Å²) in [5, 5.41) is 0. The van der Waals surface area contributed by atoms with Crippen molar-refractivity contribution in [3.63, 3.8) is 0 Å². The molecule has 6 nitrogen and oxygen atoms in total. The van der Waals surface area contributed by atoms with Gasteiger partial charge in [-0.3, -0.25) is 4.79 Å². The van der Waals surface area contributed by atoms with Gasteiger partial charge in [0, 0.05) is 30.9 Å². The second kappa shape index (κ2) is 10.6. The number of amides is 1. The van der Waals surface area contributed by atoms with Gasteiger partial charge in [0.25, 0.3) is 5.91 Å². The zero-order valence-corrected chi connectivity index (χ0v) is 20.7. The summed E-state index contributed by atoms with van der Waals surface area (Å²) in [6.07, 6.45) is 7.60. The normalized spacial score (nSPS) is 17.4. The summed E-state index contributed by atoms with van der Waals surface area (Å²) in [7, 11) is 0. The van der Waals surface area contributed by atoms with Gasteiger partial charge in [0.1, 0.15) is 11.3 Å². The summed E-state index contributed by atoms with van der Waals surface area (Å²) >= 11 is 0. The van der Waals surface area contributed by atoms with Crippen LogP contribution in [-0.4, -0.2) is 57.9 Å². The number of likely N-dealkylation sites (tertiary alicyclic amines) is 2. The third-order valence-electron chi connectivity index (χ3n) is 7.37. The van der Waals surface area contributed by atoms with E-state index >= 15 is 0 Å². The van der Waals surface area contributed by atoms with Gasteiger partial charge in [0.05, 0.1) is 0 Å². The molecule has 0 unspecified atom stereocenters. The van der Waals surface area contributed by atoms with Crippen LogP contribution in [0.2, 0.25) is 0 Å². The first-order valence-corrected chi connectivity index (χ1v) is 12.8. The third-order valence-corrected chi connectivity index (χ3v) is 7.37. The Labute approximate surface area is 208 Å². The molecule has 2 aliphatic heterocycles. The van der Waals surface area contributed by atoms with Crippen LogP contribution < -0.4 is 4.74 Å². The van der Waals surface area contributed by atoms with E-state index in [1.165, 1.54) is 37.9 Å². The molecule has 1 aromatic heterocycles. The maximum atomic E-state index is 13.6. The summed E-state index contributed by atoms with van der Waals surface area (Å²) in [5.41, 5.74) is 3.63. The Morgan fingerprint density at radius 1 is 0.914 bits per heavy atom. The molecule has 2 saturated heterocycles. The number of rotatable bonds is 5. The summed E-state index contributed by atoms with van der Waals surface area (Å²) in [6.45, 7) is 8.02. The number of ether oxygens (including phenoxy) is 1. The smallest absolute Gasteiger partial charge is 0.260 e. The monoisotopic (exact) mass is 470 g/mol. The second-order valence-electron chi connectivity index (χ2n) is 9.75. The molecule has 0 bridgehead atoms. The zero-order valence-electron chi connectivity index (χ0n) is 20.7. The third kappa shape index (κ3) is 5.38. The highest BCUT2D eigenvalue weighted by Crippen LogP contribution is 2.29. The van der Waals surface area contributed by atoms with Gasteiger partial charge in [0.15, 0.2) is 5.82 Å². The molecule has 0 N–H and O–H groups in total. The minimum atomic E-state index is -0.0551.